The molecule has 2 fully saturated rings. The van der Waals surface area contributed by atoms with E-state index in [1.54, 1.807) is 0 Å². The van der Waals surface area contributed by atoms with Crippen LogP contribution in [0, 0.1) is 5.41 Å². The van der Waals surface area contributed by atoms with Crippen LogP contribution in [0.3, 0.4) is 0 Å². The molecule has 2 rings (SSSR count). The molecule has 15 heavy (non-hydrogen) atoms. The molecular formula is C14H24O. The molecule has 2 aliphatic rings. The van der Waals surface area contributed by atoms with Crippen LogP contribution in [0.5, 0.6) is 0 Å². The maximum atomic E-state index is 11.5. The fraction of sp³-hybridized carbons (Fsp3) is 0.929. The maximum absolute atomic E-state index is 11.5. The van der Waals surface area contributed by atoms with E-state index in [9.17, 15) is 4.79 Å². The summed E-state index contributed by atoms with van der Waals surface area (Å²) >= 11 is 0. The highest BCUT2D eigenvalue weighted by molar-refractivity contribution is 5.78. The lowest BCUT2D eigenvalue weighted by atomic mass is 9.71. The summed E-state index contributed by atoms with van der Waals surface area (Å²) in [7, 11) is 0. The van der Waals surface area contributed by atoms with Crippen molar-refractivity contribution in [3.05, 3.63) is 0 Å². The summed E-state index contributed by atoms with van der Waals surface area (Å²) in [6.45, 7) is 0. The molecule has 0 aromatic rings. The summed E-state index contributed by atoms with van der Waals surface area (Å²) in [6, 6.07) is 0. The monoisotopic (exact) mass is 208 g/mol. The van der Waals surface area contributed by atoms with Gasteiger partial charge in [0.05, 0.1) is 0 Å². The highest BCUT2D eigenvalue weighted by atomic mass is 16.1. The van der Waals surface area contributed by atoms with Crippen molar-refractivity contribution in [2.24, 2.45) is 5.41 Å². The smallest absolute Gasteiger partial charge is 0.132 e. The highest BCUT2D eigenvalue weighted by Crippen LogP contribution is 2.44. The molecule has 0 aromatic carbocycles. The van der Waals surface area contributed by atoms with E-state index in [0.717, 1.165) is 12.8 Å². The highest BCUT2D eigenvalue weighted by Gasteiger charge is 2.32. The first kappa shape index (κ1) is 11.2. The van der Waals surface area contributed by atoms with Gasteiger partial charge in [-0.25, -0.2) is 0 Å². The molecule has 0 saturated heterocycles. The van der Waals surface area contributed by atoms with Gasteiger partial charge in [-0.05, 0) is 37.5 Å². The van der Waals surface area contributed by atoms with E-state index < -0.39 is 0 Å². The average molecular weight is 208 g/mol. The number of Topliss-reactive ketones (excluding diaryl/α,β-unsaturated/α-hetero) is 1. The minimum atomic E-state index is 0.522. The van der Waals surface area contributed by atoms with E-state index in [-0.39, 0.29) is 0 Å². The van der Waals surface area contributed by atoms with Crippen molar-refractivity contribution in [3.8, 4) is 0 Å². The summed E-state index contributed by atoms with van der Waals surface area (Å²) in [5.74, 6) is 0.522. The van der Waals surface area contributed by atoms with Gasteiger partial charge in [-0.15, -0.1) is 0 Å². The summed E-state index contributed by atoms with van der Waals surface area (Å²) in [5.41, 5.74) is 0.576. The third-order valence-corrected chi connectivity index (χ3v) is 4.51. The van der Waals surface area contributed by atoms with Crippen LogP contribution >= 0.6 is 0 Å². The molecule has 0 aromatic heterocycles. The van der Waals surface area contributed by atoms with Gasteiger partial charge in [-0.2, -0.15) is 0 Å². The van der Waals surface area contributed by atoms with Crippen molar-refractivity contribution in [2.45, 2.75) is 77.0 Å². The second-order valence-corrected chi connectivity index (χ2v) is 5.66. The molecule has 0 unspecified atom stereocenters. The second kappa shape index (κ2) is 5.14. The SMILES string of the molecule is O=C1CCCC2(CCCCCCC2)CC1. The Morgan fingerprint density at radius 1 is 0.667 bits per heavy atom. The van der Waals surface area contributed by atoms with Crippen molar-refractivity contribution >= 4 is 5.78 Å². The predicted molar refractivity (Wildman–Crippen MR) is 62.8 cm³/mol. The number of hydrogen-bond acceptors (Lipinski definition) is 1. The van der Waals surface area contributed by atoms with Gasteiger partial charge >= 0.3 is 0 Å². The molecule has 86 valence electrons. The molecule has 2 aliphatic carbocycles. The molecule has 1 nitrogen and oxygen atoms in total. The van der Waals surface area contributed by atoms with E-state index in [0.29, 0.717) is 11.2 Å². The molecule has 0 radical (unpaired) electrons. The van der Waals surface area contributed by atoms with Gasteiger partial charge in [0.25, 0.3) is 0 Å². The first-order chi connectivity index (χ1) is 7.31. The van der Waals surface area contributed by atoms with Crippen LogP contribution in [0.15, 0.2) is 0 Å². The first-order valence-corrected chi connectivity index (χ1v) is 6.83. The zero-order valence-electron chi connectivity index (χ0n) is 9.89. The van der Waals surface area contributed by atoms with Crippen LogP contribution < -0.4 is 0 Å². The number of carbonyl (C=O) groups is 1. The maximum Gasteiger partial charge on any atom is 0.132 e. The summed E-state index contributed by atoms with van der Waals surface area (Å²) in [4.78, 5) is 11.5. The fourth-order valence-electron chi connectivity index (χ4n) is 3.47. The van der Waals surface area contributed by atoms with Crippen LogP contribution in [-0.2, 0) is 4.79 Å². The van der Waals surface area contributed by atoms with Crippen molar-refractivity contribution in [3.63, 3.8) is 0 Å². The summed E-state index contributed by atoms with van der Waals surface area (Å²) < 4.78 is 0. The first-order valence-electron chi connectivity index (χ1n) is 6.83. The number of rotatable bonds is 0. The van der Waals surface area contributed by atoms with Gasteiger partial charge in [0.15, 0.2) is 0 Å². The standard InChI is InChI=1S/C14H24O/c15-13-7-6-11-14(12-8-13)9-4-2-1-3-5-10-14/h1-12H2. The summed E-state index contributed by atoms with van der Waals surface area (Å²) in [5, 5.41) is 0. The van der Waals surface area contributed by atoms with Crippen molar-refractivity contribution < 1.29 is 4.79 Å². The molecule has 2 saturated carbocycles. The van der Waals surface area contributed by atoms with E-state index >= 15 is 0 Å². The average Bonchev–Trinajstić information content (AvgIpc) is 2.37. The zero-order valence-corrected chi connectivity index (χ0v) is 9.89. The minimum Gasteiger partial charge on any atom is -0.300 e. The lowest BCUT2D eigenvalue weighted by molar-refractivity contribution is -0.119. The van der Waals surface area contributed by atoms with Crippen molar-refractivity contribution in [1.29, 1.82) is 0 Å². The molecule has 0 amide bonds. The van der Waals surface area contributed by atoms with Crippen LogP contribution in [0.25, 0.3) is 0 Å². The second-order valence-electron chi connectivity index (χ2n) is 5.66. The van der Waals surface area contributed by atoms with Crippen molar-refractivity contribution in [2.75, 3.05) is 0 Å². The molecule has 0 N–H and O–H groups in total. The number of hydrogen-bond donors (Lipinski definition) is 0. The van der Waals surface area contributed by atoms with E-state index in [1.165, 1.54) is 64.2 Å². The van der Waals surface area contributed by atoms with Crippen LogP contribution in [-0.4, -0.2) is 5.78 Å². The Morgan fingerprint density at radius 2 is 1.27 bits per heavy atom. The third kappa shape index (κ3) is 3.06. The third-order valence-electron chi connectivity index (χ3n) is 4.51. The molecule has 1 spiro atoms. The normalized spacial score (nSPS) is 28.1. The quantitative estimate of drug-likeness (QED) is 0.581. The van der Waals surface area contributed by atoms with Gasteiger partial charge in [0.1, 0.15) is 5.78 Å². The lowest BCUT2D eigenvalue weighted by Crippen LogP contribution is -2.21. The van der Waals surface area contributed by atoms with Gasteiger partial charge in [-0.3, -0.25) is 4.79 Å². The molecule has 0 atom stereocenters. The molecule has 1 heteroatoms. The summed E-state index contributed by atoms with van der Waals surface area (Å²) in [6.07, 6.45) is 15.4. The van der Waals surface area contributed by atoms with E-state index in [1.807, 2.05) is 0 Å². The minimum absolute atomic E-state index is 0.522. The largest absolute Gasteiger partial charge is 0.300 e. The Balaban J connectivity index is 1.97. The topological polar surface area (TPSA) is 17.1 Å². The number of ketones is 1. The van der Waals surface area contributed by atoms with Crippen molar-refractivity contribution in [1.82, 2.24) is 0 Å². The van der Waals surface area contributed by atoms with Gasteiger partial charge in [0.2, 0.25) is 0 Å². The Hall–Kier alpha value is -0.330. The predicted octanol–water partition coefficient (Wildman–Crippen LogP) is 4.25. The Morgan fingerprint density at radius 3 is 2.00 bits per heavy atom. The molecule has 0 aliphatic heterocycles. The van der Waals surface area contributed by atoms with Gasteiger partial charge in [-0.1, -0.05) is 32.1 Å². The molecular weight excluding hydrogens is 184 g/mol. The Labute approximate surface area is 93.6 Å². The molecule has 0 heterocycles. The Bertz CT molecular complexity index is 211. The van der Waals surface area contributed by atoms with Crippen LogP contribution in [0.1, 0.15) is 77.0 Å². The van der Waals surface area contributed by atoms with Crippen LogP contribution in [0.2, 0.25) is 0 Å². The zero-order chi connectivity index (χ0) is 10.6. The van der Waals surface area contributed by atoms with E-state index in [2.05, 4.69) is 0 Å². The number of carbonyl (C=O) groups excluding carboxylic acids is 1. The van der Waals surface area contributed by atoms with Gasteiger partial charge in [0, 0.05) is 12.8 Å². The lowest BCUT2D eigenvalue weighted by Gasteiger charge is -2.34. The Kier molecular flexibility index (Phi) is 3.82. The van der Waals surface area contributed by atoms with Gasteiger partial charge < -0.3 is 0 Å². The fourth-order valence-corrected chi connectivity index (χ4v) is 3.47. The van der Waals surface area contributed by atoms with E-state index in [4.69, 9.17) is 0 Å². The molecule has 0 bridgehead atoms. The van der Waals surface area contributed by atoms with Crippen LogP contribution in [0.4, 0.5) is 0 Å².